The van der Waals surface area contributed by atoms with E-state index in [0.29, 0.717) is 18.0 Å². The van der Waals surface area contributed by atoms with Gasteiger partial charge in [0.05, 0.1) is 12.2 Å². The van der Waals surface area contributed by atoms with Gasteiger partial charge in [0.15, 0.2) is 0 Å². The predicted molar refractivity (Wildman–Crippen MR) is 64.6 cm³/mol. The molecule has 1 N–H and O–H groups in total. The molecule has 2 fully saturated rings. The largest absolute Gasteiger partial charge is 0.508 e. The van der Waals surface area contributed by atoms with E-state index in [0.717, 1.165) is 18.4 Å². The maximum absolute atomic E-state index is 9.24. The number of hydrogen-bond donors (Lipinski definition) is 1. The number of ether oxygens (including phenoxy) is 1. The molecule has 0 bridgehead atoms. The molecule has 2 aliphatic rings. The summed E-state index contributed by atoms with van der Waals surface area (Å²) in [7, 11) is 0. The van der Waals surface area contributed by atoms with Gasteiger partial charge in [-0.2, -0.15) is 0 Å². The number of para-hydroxylation sites is 1. The van der Waals surface area contributed by atoms with Crippen LogP contribution in [0, 0.1) is 0 Å². The monoisotopic (exact) mass is 220 g/mol. The van der Waals surface area contributed by atoms with E-state index < -0.39 is 0 Å². The van der Waals surface area contributed by atoms with Gasteiger partial charge in [-0.05, 0) is 37.3 Å². The Labute approximate surface area is 97.3 Å². The van der Waals surface area contributed by atoms with Crippen LogP contribution in [0.1, 0.15) is 38.2 Å². The Morgan fingerprint density at radius 2 is 1.94 bits per heavy atom. The summed E-state index contributed by atoms with van der Waals surface area (Å²) in [5.41, 5.74) is 1.05. The molecule has 1 aromatic carbocycles. The molecule has 2 nitrogen and oxygen atoms in total. The van der Waals surface area contributed by atoms with E-state index in [2.05, 4.69) is 6.92 Å². The molecule has 1 aliphatic heterocycles. The van der Waals surface area contributed by atoms with E-state index in [1.165, 1.54) is 19.3 Å². The van der Waals surface area contributed by atoms with Crippen molar-refractivity contribution >= 4 is 0 Å². The van der Waals surface area contributed by atoms with Gasteiger partial charge in [0.1, 0.15) is 5.75 Å². The minimum Gasteiger partial charge on any atom is -0.508 e. The molecule has 2 unspecified atom stereocenters. The van der Waals surface area contributed by atoms with Crippen molar-refractivity contribution in [2.75, 3.05) is 0 Å². The molecule has 1 saturated heterocycles. The van der Waals surface area contributed by atoms with Crippen molar-refractivity contribution in [1.82, 2.24) is 0 Å². The maximum Gasteiger partial charge on any atom is 0.118 e. The van der Waals surface area contributed by atoms with Gasteiger partial charge in [0.25, 0.3) is 0 Å². The molecule has 1 heterocycles. The molecule has 16 heavy (non-hydrogen) atoms. The number of benzene rings is 1. The second-order valence-electron chi connectivity index (χ2n) is 4.52. The minimum atomic E-state index is 0.421. The van der Waals surface area contributed by atoms with Crippen LogP contribution in [0.15, 0.2) is 24.3 Å². The lowest BCUT2D eigenvalue weighted by Crippen LogP contribution is -1.81. The fraction of sp³-hybridized carbons (Fsp3) is 0.571. The average molecular weight is 220 g/mol. The summed E-state index contributed by atoms with van der Waals surface area (Å²) in [5, 5.41) is 9.24. The first-order valence-electron chi connectivity index (χ1n) is 6.23. The van der Waals surface area contributed by atoms with Crippen LogP contribution in [0.25, 0.3) is 0 Å². The van der Waals surface area contributed by atoms with E-state index in [-0.39, 0.29) is 0 Å². The molecule has 0 amide bonds. The van der Waals surface area contributed by atoms with Gasteiger partial charge >= 0.3 is 0 Å². The minimum absolute atomic E-state index is 0.421. The van der Waals surface area contributed by atoms with Gasteiger partial charge in [-0.3, -0.25) is 0 Å². The van der Waals surface area contributed by atoms with Crippen LogP contribution in [0.5, 0.6) is 5.75 Å². The third-order valence-corrected chi connectivity index (χ3v) is 3.18. The first kappa shape index (κ1) is 11.5. The molecule has 88 valence electrons. The lowest BCUT2D eigenvalue weighted by molar-refractivity contribution is 0.322. The van der Waals surface area contributed by atoms with E-state index >= 15 is 0 Å². The number of aromatic hydroxyl groups is 1. The third-order valence-electron chi connectivity index (χ3n) is 3.18. The highest BCUT2D eigenvalue weighted by atomic mass is 16.6. The van der Waals surface area contributed by atoms with E-state index in [1.54, 1.807) is 6.07 Å². The van der Waals surface area contributed by atoms with Gasteiger partial charge in [0, 0.05) is 0 Å². The van der Waals surface area contributed by atoms with Crippen LogP contribution >= 0.6 is 0 Å². The van der Waals surface area contributed by atoms with Gasteiger partial charge in [-0.1, -0.05) is 31.5 Å². The Balaban J connectivity index is 0.000000134. The lowest BCUT2D eigenvalue weighted by Gasteiger charge is -1.99. The third kappa shape index (κ3) is 2.99. The lowest BCUT2D eigenvalue weighted by atomic mass is 10.1. The van der Waals surface area contributed by atoms with Gasteiger partial charge in [-0.25, -0.2) is 0 Å². The van der Waals surface area contributed by atoms with E-state index in [9.17, 15) is 5.11 Å². The molecular weight excluding hydrogens is 200 g/mol. The van der Waals surface area contributed by atoms with Crippen LogP contribution < -0.4 is 0 Å². The summed E-state index contributed by atoms with van der Waals surface area (Å²) in [6.07, 6.45) is 7.56. The molecule has 1 saturated carbocycles. The number of fused-ring (bicyclic) bond motifs is 1. The SMILES string of the molecule is C1CC2OC2C1.CCCc1ccccc1O. The molecule has 1 aliphatic carbocycles. The fourth-order valence-electron chi connectivity index (χ4n) is 2.20. The van der Waals surface area contributed by atoms with Crippen LogP contribution in [-0.4, -0.2) is 17.3 Å². The maximum atomic E-state index is 9.24. The Hall–Kier alpha value is -1.02. The molecule has 2 heteroatoms. The molecule has 0 aromatic heterocycles. The summed E-state index contributed by atoms with van der Waals surface area (Å²) in [6, 6.07) is 7.48. The number of hydrogen-bond acceptors (Lipinski definition) is 2. The normalized spacial score (nSPS) is 25.6. The zero-order valence-electron chi connectivity index (χ0n) is 9.86. The van der Waals surface area contributed by atoms with Crippen LogP contribution in [0.2, 0.25) is 0 Å². The zero-order valence-corrected chi connectivity index (χ0v) is 9.86. The van der Waals surface area contributed by atoms with E-state index in [4.69, 9.17) is 4.74 Å². The molecule has 0 radical (unpaired) electrons. The summed E-state index contributed by atoms with van der Waals surface area (Å²) < 4.78 is 5.15. The van der Waals surface area contributed by atoms with Crippen molar-refractivity contribution in [3.63, 3.8) is 0 Å². The number of phenolic OH excluding ortho intramolecular Hbond substituents is 1. The number of rotatable bonds is 2. The van der Waals surface area contributed by atoms with Gasteiger partial charge in [-0.15, -0.1) is 0 Å². The summed E-state index contributed by atoms with van der Waals surface area (Å²) >= 11 is 0. The van der Waals surface area contributed by atoms with Crippen molar-refractivity contribution in [2.24, 2.45) is 0 Å². The molecule has 0 spiro atoms. The Kier molecular flexibility index (Phi) is 3.83. The number of epoxide rings is 1. The highest BCUT2D eigenvalue weighted by Gasteiger charge is 2.42. The van der Waals surface area contributed by atoms with Crippen LogP contribution in [-0.2, 0) is 11.2 Å². The van der Waals surface area contributed by atoms with Crippen LogP contribution in [0.3, 0.4) is 0 Å². The first-order valence-corrected chi connectivity index (χ1v) is 6.23. The van der Waals surface area contributed by atoms with Gasteiger partial charge in [0.2, 0.25) is 0 Å². The van der Waals surface area contributed by atoms with E-state index in [1.807, 2.05) is 18.2 Å². The van der Waals surface area contributed by atoms with Gasteiger partial charge < -0.3 is 9.84 Å². The topological polar surface area (TPSA) is 32.8 Å². The zero-order chi connectivity index (χ0) is 11.4. The second-order valence-corrected chi connectivity index (χ2v) is 4.52. The molecule has 2 atom stereocenters. The van der Waals surface area contributed by atoms with Crippen molar-refractivity contribution in [3.05, 3.63) is 29.8 Å². The fourth-order valence-corrected chi connectivity index (χ4v) is 2.20. The molecule has 1 aromatic rings. The second kappa shape index (κ2) is 5.35. The smallest absolute Gasteiger partial charge is 0.118 e. The van der Waals surface area contributed by atoms with Crippen molar-refractivity contribution in [3.8, 4) is 5.75 Å². The number of aryl methyl sites for hydroxylation is 1. The summed E-state index contributed by atoms with van der Waals surface area (Å²) in [6.45, 7) is 2.10. The van der Waals surface area contributed by atoms with Crippen molar-refractivity contribution < 1.29 is 9.84 Å². The highest BCUT2D eigenvalue weighted by molar-refractivity contribution is 5.31. The average Bonchev–Trinajstić information content (AvgIpc) is 2.90. The summed E-state index contributed by atoms with van der Waals surface area (Å²) in [4.78, 5) is 0. The Morgan fingerprint density at radius 1 is 1.25 bits per heavy atom. The molecule has 3 rings (SSSR count). The van der Waals surface area contributed by atoms with Crippen LogP contribution in [0.4, 0.5) is 0 Å². The summed E-state index contributed by atoms with van der Waals surface area (Å²) in [5.74, 6) is 0.421. The first-order chi connectivity index (χ1) is 7.81. The van der Waals surface area contributed by atoms with Crippen molar-refractivity contribution in [2.45, 2.75) is 51.2 Å². The quantitative estimate of drug-likeness (QED) is 0.776. The highest BCUT2D eigenvalue weighted by Crippen LogP contribution is 2.37. The van der Waals surface area contributed by atoms with Crippen molar-refractivity contribution in [1.29, 1.82) is 0 Å². The predicted octanol–water partition coefficient (Wildman–Crippen LogP) is 3.28. The standard InChI is InChI=1S/C9H12O.C5H8O/c1-2-5-8-6-3-4-7-9(8)10;1-2-4-5(3-1)6-4/h3-4,6-7,10H,2,5H2,1H3;4-5H,1-3H2. The number of phenols is 1. The Bertz CT molecular complexity index is 327. The Morgan fingerprint density at radius 3 is 2.38 bits per heavy atom. The molecular formula is C14H20O2.